The monoisotopic (exact) mass is 296 g/mol. The van der Waals surface area contributed by atoms with Crippen LogP contribution >= 0.6 is 0 Å². The molecule has 0 fully saturated rings. The summed E-state index contributed by atoms with van der Waals surface area (Å²) in [5.74, 6) is 0.194. The van der Waals surface area contributed by atoms with Crippen molar-refractivity contribution in [1.82, 2.24) is 9.38 Å². The number of esters is 1. The Labute approximate surface area is 128 Å². The summed E-state index contributed by atoms with van der Waals surface area (Å²) < 4.78 is 12.2. The molecule has 3 aromatic rings. The molecule has 0 saturated heterocycles. The predicted octanol–water partition coefficient (Wildman–Crippen LogP) is 3.19. The third-order valence-electron chi connectivity index (χ3n) is 3.39. The minimum atomic E-state index is -0.336. The van der Waals surface area contributed by atoms with Gasteiger partial charge in [0.2, 0.25) is 5.88 Å². The summed E-state index contributed by atoms with van der Waals surface area (Å²) in [6, 6.07) is 11.3. The van der Waals surface area contributed by atoms with Crippen molar-refractivity contribution < 1.29 is 14.3 Å². The molecule has 0 aliphatic carbocycles. The Kier molecular flexibility index (Phi) is 3.78. The van der Waals surface area contributed by atoms with Crippen LogP contribution in [0, 0.1) is 0 Å². The number of nitrogens with zero attached hydrogens (tertiary/aromatic N) is 2. The minimum absolute atomic E-state index is 0.336. The molecular formula is C17H16N2O3. The predicted molar refractivity (Wildman–Crippen MR) is 83.1 cm³/mol. The van der Waals surface area contributed by atoms with Crippen LogP contribution in [0.5, 0.6) is 5.88 Å². The van der Waals surface area contributed by atoms with Crippen molar-refractivity contribution in [3.8, 4) is 17.1 Å². The number of carbonyl (C=O) groups excluding carboxylic acids is 1. The fourth-order valence-electron chi connectivity index (χ4n) is 2.42. The first-order valence-electron chi connectivity index (χ1n) is 7.02. The molecule has 0 radical (unpaired) electrons. The van der Waals surface area contributed by atoms with E-state index in [0.717, 1.165) is 16.8 Å². The van der Waals surface area contributed by atoms with Crippen molar-refractivity contribution in [1.29, 1.82) is 0 Å². The van der Waals surface area contributed by atoms with Crippen LogP contribution in [-0.2, 0) is 4.74 Å². The fraction of sp³-hybridized carbons (Fsp3) is 0.176. The van der Waals surface area contributed by atoms with Gasteiger partial charge in [-0.3, -0.25) is 0 Å². The summed E-state index contributed by atoms with van der Waals surface area (Å²) in [6.07, 6.45) is 3.61. The van der Waals surface area contributed by atoms with Crippen molar-refractivity contribution in [2.45, 2.75) is 6.92 Å². The van der Waals surface area contributed by atoms with Crippen LogP contribution in [0.1, 0.15) is 17.3 Å². The second kappa shape index (κ2) is 5.89. The molecule has 0 bridgehead atoms. The number of methoxy groups -OCH3 is 1. The molecule has 0 atom stereocenters. The van der Waals surface area contributed by atoms with Crippen molar-refractivity contribution in [2.24, 2.45) is 0 Å². The molecule has 3 aromatic heterocycles. The van der Waals surface area contributed by atoms with Crippen molar-refractivity contribution in [3.05, 3.63) is 54.4 Å². The fourth-order valence-corrected chi connectivity index (χ4v) is 2.42. The van der Waals surface area contributed by atoms with Gasteiger partial charge < -0.3 is 13.9 Å². The molecule has 22 heavy (non-hydrogen) atoms. The number of hydrogen-bond acceptors (Lipinski definition) is 4. The highest BCUT2D eigenvalue weighted by atomic mass is 16.5. The molecule has 0 aliphatic heterocycles. The highest BCUT2D eigenvalue weighted by molar-refractivity contribution is 5.99. The van der Waals surface area contributed by atoms with Gasteiger partial charge in [-0.05, 0) is 31.2 Å². The van der Waals surface area contributed by atoms with E-state index in [1.165, 1.54) is 0 Å². The molecule has 0 aliphatic rings. The smallest absolute Gasteiger partial charge is 0.340 e. The van der Waals surface area contributed by atoms with E-state index in [4.69, 9.17) is 9.47 Å². The number of carbonyl (C=O) groups is 1. The van der Waals surface area contributed by atoms with Crippen LogP contribution in [0.15, 0.2) is 48.8 Å². The Morgan fingerprint density at radius 1 is 1.27 bits per heavy atom. The zero-order valence-electron chi connectivity index (χ0n) is 12.4. The average molecular weight is 296 g/mol. The summed E-state index contributed by atoms with van der Waals surface area (Å²) in [7, 11) is 1.57. The summed E-state index contributed by atoms with van der Waals surface area (Å²) in [5.41, 5.74) is 3.05. The maximum Gasteiger partial charge on any atom is 0.340 e. The number of pyridine rings is 2. The second-order valence-electron chi connectivity index (χ2n) is 4.71. The quantitative estimate of drug-likeness (QED) is 0.694. The molecule has 0 unspecified atom stereocenters. The van der Waals surface area contributed by atoms with Crippen LogP contribution in [0.4, 0.5) is 0 Å². The van der Waals surface area contributed by atoms with E-state index in [9.17, 15) is 4.79 Å². The van der Waals surface area contributed by atoms with Gasteiger partial charge in [-0.15, -0.1) is 0 Å². The van der Waals surface area contributed by atoms with E-state index < -0.39 is 0 Å². The maximum atomic E-state index is 12.3. The number of aromatic nitrogens is 2. The Bertz CT molecular complexity index is 806. The number of ether oxygens (including phenoxy) is 2. The maximum absolute atomic E-state index is 12.3. The van der Waals surface area contributed by atoms with Crippen molar-refractivity contribution in [2.75, 3.05) is 13.7 Å². The van der Waals surface area contributed by atoms with Gasteiger partial charge in [0.1, 0.15) is 0 Å². The van der Waals surface area contributed by atoms with Gasteiger partial charge in [0, 0.05) is 29.5 Å². The van der Waals surface area contributed by atoms with E-state index in [-0.39, 0.29) is 5.97 Å². The largest absolute Gasteiger partial charge is 0.481 e. The van der Waals surface area contributed by atoms with Gasteiger partial charge in [-0.1, -0.05) is 6.07 Å². The lowest BCUT2D eigenvalue weighted by Crippen LogP contribution is -2.05. The van der Waals surface area contributed by atoms with Gasteiger partial charge >= 0.3 is 5.97 Å². The Balaban J connectivity index is 2.20. The third-order valence-corrected chi connectivity index (χ3v) is 3.39. The van der Waals surface area contributed by atoms with Crippen LogP contribution in [0.25, 0.3) is 16.8 Å². The highest BCUT2D eigenvalue weighted by Gasteiger charge is 2.19. The van der Waals surface area contributed by atoms with Gasteiger partial charge in [-0.25, -0.2) is 9.78 Å². The van der Waals surface area contributed by atoms with Crippen LogP contribution in [0.3, 0.4) is 0 Å². The van der Waals surface area contributed by atoms with E-state index in [1.54, 1.807) is 26.3 Å². The first kappa shape index (κ1) is 14.1. The zero-order valence-corrected chi connectivity index (χ0v) is 12.4. The molecule has 5 heteroatoms. The number of hydrogen-bond donors (Lipinski definition) is 0. The summed E-state index contributed by atoms with van der Waals surface area (Å²) in [6.45, 7) is 2.13. The molecule has 5 nitrogen and oxygen atoms in total. The SMILES string of the molecule is CCOC(=O)c1cc2ccccn2c1-c1ccc(OC)nc1. The van der Waals surface area contributed by atoms with E-state index in [0.29, 0.717) is 18.1 Å². The molecule has 0 saturated carbocycles. The van der Waals surface area contributed by atoms with Gasteiger partial charge in [0.15, 0.2) is 0 Å². The zero-order chi connectivity index (χ0) is 15.5. The second-order valence-corrected chi connectivity index (χ2v) is 4.71. The summed E-state index contributed by atoms with van der Waals surface area (Å²) >= 11 is 0. The Morgan fingerprint density at radius 2 is 2.14 bits per heavy atom. The lowest BCUT2D eigenvalue weighted by atomic mass is 10.1. The van der Waals surface area contributed by atoms with E-state index >= 15 is 0 Å². The van der Waals surface area contributed by atoms with Crippen molar-refractivity contribution in [3.63, 3.8) is 0 Å². The molecule has 3 rings (SSSR count). The van der Waals surface area contributed by atoms with Crippen molar-refractivity contribution >= 4 is 11.5 Å². The van der Waals surface area contributed by atoms with Crippen LogP contribution < -0.4 is 4.74 Å². The Morgan fingerprint density at radius 3 is 2.82 bits per heavy atom. The molecular weight excluding hydrogens is 280 g/mol. The standard InChI is InChI=1S/C17H16N2O3/c1-3-22-17(20)14-10-13-6-4-5-9-19(13)16(14)12-7-8-15(21-2)18-11-12/h4-11H,3H2,1-2H3. The molecule has 0 amide bonds. The molecule has 112 valence electrons. The minimum Gasteiger partial charge on any atom is -0.481 e. The van der Waals surface area contributed by atoms with Gasteiger partial charge in [0.05, 0.1) is 25.0 Å². The van der Waals surface area contributed by atoms with Gasteiger partial charge in [0.25, 0.3) is 0 Å². The highest BCUT2D eigenvalue weighted by Crippen LogP contribution is 2.28. The van der Waals surface area contributed by atoms with E-state index in [2.05, 4.69) is 4.98 Å². The Hall–Kier alpha value is -2.82. The topological polar surface area (TPSA) is 52.8 Å². The molecule has 0 spiro atoms. The lowest BCUT2D eigenvalue weighted by Gasteiger charge is -2.07. The first-order valence-corrected chi connectivity index (χ1v) is 7.02. The molecule has 0 aromatic carbocycles. The van der Waals surface area contributed by atoms with E-state index in [1.807, 2.05) is 40.9 Å². The molecule has 0 N–H and O–H groups in total. The number of fused-ring (bicyclic) bond motifs is 1. The lowest BCUT2D eigenvalue weighted by molar-refractivity contribution is 0.0527. The first-order chi connectivity index (χ1) is 10.7. The van der Waals surface area contributed by atoms with Crippen LogP contribution in [0.2, 0.25) is 0 Å². The summed E-state index contributed by atoms with van der Waals surface area (Å²) in [5, 5.41) is 0. The normalized spacial score (nSPS) is 10.6. The van der Waals surface area contributed by atoms with Crippen LogP contribution in [-0.4, -0.2) is 29.1 Å². The average Bonchev–Trinajstić information content (AvgIpc) is 2.95. The molecule has 3 heterocycles. The van der Waals surface area contributed by atoms with Gasteiger partial charge in [-0.2, -0.15) is 0 Å². The third kappa shape index (κ3) is 2.41. The summed E-state index contributed by atoms with van der Waals surface area (Å²) in [4.78, 5) is 16.5. The number of rotatable bonds is 4.